The van der Waals surface area contributed by atoms with Crippen molar-refractivity contribution in [3.63, 3.8) is 0 Å². The van der Waals surface area contributed by atoms with Crippen molar-refractivity contribution in [3.8, 4) is 0 Å². The summed E-state index contributed by atoms with van der Waals surface area (Å²) >= 11 is 4.50. The molecule has 0 unspecified atom stereocenters. The van der Waals surface area contributed by atoms with Gasteiger partial charge in [-0.1, -0.05) is 6.92 Å². The Bertz CT molecular complexity index is 16.3. The van der Waals surface area contributed by atoms with E-state index >= 15 is 0 Å². The van der Waals surface area contributed by atoms with E-state index in [1.165, 1.54) is 0 Å². The number of hydrogen-bond donors (Lipinski definition) is 1. The van der Waals surface area contributed by atoms with Gasteiger partial charge < -0.3 is 5.11 Å². The van der Waals surface area contributed by atoms with Gasteiger partial charge in [-0.25, -0.2) is 0 Å². The van der Waals surface area contributed by atoms with E-state index in [0.717, 1.165) is 6.42 Å². The fourth-order valence-corrected chi connectivity index (χ4v) is 0. The van der Waals surface area contributed by atoms with Crippen LogP contribution < -0.4 is 0 Å². The van der Waals surface area contributed by atoms with Crippen molar-refractivity contribution >= 4 is 27.3 Å². The molecule has 0 bridgehead atoms. The van der Waals surface area contributed by atoms with Crippen molar-refractivity contribution in [2.75, 3.05) is 6.61 Å². The molecule has 0 aromatic carbocycles. The van der Waals surface area contributed by atoms with Crippen LogP contribution in [0, 0.1) is 0 Å². The Labute approximate surface area is 52.6 Å². The normalized spacial score (nSPS) is 5.83. The quantitative estimate of drug-likeness (QED) is 0.567. The Kier molecular flexibility index (Phi) is 28.0. The molecule has 0 amide bonds. The zero-order chi connectivity index (χ0) is 5.41. The molecule has 40 valence electrons. The van der Waals surface area contributed by atoms with E-state index in [4.69, 9.17) is 5.11 Å². The third-order valence-corrected chi connectivity index (χ3v) is 0.224. The molecule has 0 aliphatic carbocycles. The Balaban J connectivity index is 0. The molecule has 0 heterocycles. The first-order chi connectivity index (χ1) is 2.91. The number of rotatable bonds is 1. The molecule has 0 radical (unpaired) electrons. The first kappa shape index (κ1) is 10.1. The van der Waals surface area contributed by atoms with Crippen LogP contribution in [0.5, 0.6) is 0 Å². The van der Waals surface area contributed by atoms with Crippen molar-refractivity contribution < 1.29 is 5.11 Å². The second-order valence-electron chi connectivity index (χ2n) is 0.724. The molecule has 1 nitrogen and oxygen atoms in total. The summed E-state index contributed by atoms with van der Waals surface area (Å²) in [6.07, 6.45) is 0.875. The molecule has 0 aromatic heterocycles. The van der Waals surface area contributed by atoms with Crippen molar-refractivity contribution in [2.24, 2.45) is 0 Å². The molecule has 0 aromatic rings. The molecule has 0 rings (SSSR count). The third kappa shape index (κ3) is 20.0. The molecular formula is C3H10OSe2. The molecule has 0 saturated carbocycles. The Morgan fingerprint density at radius 3 is 1.83 bits per heavy atom. The average molecular weight is 220 g/mol. The molecule has 0 fully saturated rings. The van der Waals surface area contributed by atoms with Crippen LogP contribution in [-0.4, -0.2) is 39.0 Å². The molecule has 0 spiro atoms. The third-order valence-electron chi connectivity index (χ3n) is 0.224. The maximum absolute atomic E-state index is 7.88. The molecule has 0 aliphatic rings. The predicted molar refractivity (Wildman–Crippen MR) is 31.7 cm³/mol. The van der Waals surface area contributed by atoms with Crippen LogP contribution in [0.25, 0.3) is 0 Å². The van der Waals surface area contributed by atoms with Gasteiger partial charge >= 0.3 is 27.3 Å². The summed E-state index contributed by atoms with van der Waals surface area (Å²) in [5, 5.41) is 7.88. The monoisotopic (exact) mass is 222 g/mol. The summed E-state index contributed by atoms with van der Waals surface area (Å²) in [4.78, 5) is 0. The van der Waals surface area contributed by atoms with Crippen LogP contribution in [0.4, 0.5) is 0 Å². The maximum atomic E-state index is 7.88. The number of aliphatic hydroxyl groups is 1. The van der Waals surface area contributed by atoms with Crippen molar-refractivity contribution in [2.45, 2.75) is 13.3 Å². The van der Waals surface area contributed by atoms with Crippen molar-refractivity contribution in [1.82, 2.24) is 0 Å². The van der Waals surface area contributed by atoms with E-state index in [-0.39, 0.29) is 0 Å². The zero-order valence-corrected chi connectivity index (χ0v) is 7.58. The fourth-order valence-electron chi connectivity index (χ4n) is 0. The van der Waals surface area contributed by atoms with Crippen molar-refractivity contribution in [1.29, 1.82) is 0 Å². The Morgan fingerprint density at radius 1 is 1.67 bits per heavy atom. The molecule has 6 heavy (non-hydrogen) atoms. The molecule has 0 atom stereocenters. The van der Waals surface area contributed by atoms with Crippen LogP contribution in [0.3, 0.4) is 0 Å². The van der Waals surface area contributed by atoms with Crippen LogP contribution >= 0.6 is 0 Å². The van der Waals surface area contributed by atoms with Gasteiger partial charge in [-0.05, 0) is 6.42 Å². The Hall–Kier alpha value is 0.999. The van der Waals surface area contributed by atoms with Gasteiger partial charge in [0.2, 0.25) is 0 Å². The van der Waals surface area contributed by atoms with Gasteiger partial charge in [-0.15, -0.1) is 0 Å². The van der Waals surface area contributed by atoms with Gasteiger partial charge in [0, 0.05) is 6.61 Å². The molecule has 1 N–H and O–H groups in total. The first-order valence-electron chi connectivity index (χ1n) is 1.73. The van der Waals surface area contributed by atoms with E-state index in [1.807, 2.05) is 20.6 Å². The van der Waals surface area contributed by atoms with E-state index in [0.29, 0.717) is 6.61 Å². The fraction of sp³-hybridized carbons (Fsp3) is 1.00. The molecule has 0 aliphatic heterocycles. The summed E-state index contributed by atoms with van der Waals surface area (Å²) in [5.74, 6) is 0. The second-order valence-corrected chi connectivity index (χ2v) is 0.724. The van der Waals surface area contributed by atoms with Gasteiger partial charge in [0.1, 0.15) is 0 Å². The number of aliphatic hydroxyl groups excluding tert-OH is 1. The van der Waals surface area contributed by atoms with Crippen LogP contribution in [0.1, 0.15) is 13.3 Å². The summed E-state index contributed by atoms with van der Waals surface area (Å²) in [6.45, 7) is 2.25. The summed E-state index contributed by atoms with van der Waals surface area (Å²) < 4.78 is 0. The zero-order valence-electron chi connectivity index (χ0n) is 3.77. The summed E-state index contributed by atoms with van der Waals surface area (Å²) in [6, 6.07) is 0. The van der Waals surface area contributed by atoms with Crippen LogP contribution in [0.15, 0.2) is 0 Å². The predicted octanol–water partition coefficient (Wildman–Crippen LogP) is -0.908. The van der Waals surface area contributed by atoms with Gasteiger partial charge in [-0.2, -0.15) is 0 Å². The van der Waals surface area contributed by atoms with E-state index < -0.39 is 0 Å². The molecular weight excluding hydrogens is 210 g/mol. The molecule has 3 heteroatoms. The SMILES string of the molecule is CCCO.[Se]=[SeH2]. The van der Waals surface area contributed by atoms with Gasteiger partial charge in [0.15, 0.2) is 0 Å². The second kappa shape index (κ2) is 16.7. The van der Waals surface area contributed by atoms with E-state index in [9.17, 15) is 0 Å². The minimum atomic E-state index is 0.319. The van der Waals surface area contributed by atoms with E-state index in [1.54, 1.807) is 0 Å². The van der Waals surface area contributed by atoms with Gasteiger partial charge in [0.25, 0.3) is 0 Å². The van der Waals surface area contributed by atoms with E-state index in [2.05, 4.69) is 13.7 Å². The topological polar surface area (TPSA) is 20.2 Å². The number of hydrogen-bond acceptors (Lipinski definition) is 1. The summed E-state index contributed by atoms with van der Waals surface area (Å²) in [7, 11) is 0. The molecule has 0 saturated heterocycles. The minimum absolute atomic E-state index is 0.319. The Morgan fingerprint density at radius 2 is 1.83 bits per heavy atom. The first-order valence-corrected chi connectivity index (χ1v) is 7.03. The standard InChI is InChI=1S/C3H8O.H2Se2/c1-2-3-4;1-2/h4H,2-3H2,1H3;1H2. The van der Waals surface area contributed by atoms with Crippen molar-refractivity contribution in [3.05, 3.63) is 0 Å². The van der Waals surface area contributed by atoms with Crippen LogP contribution in [-0.2, 0) is 0 Å². The average Bonchev–Trinajstić information content (AvgIpc) is 1.72. The summed E-state index contributed by atoms with van der Waals surface area (Å²) in [5.41, 5.74) is 0. The van der Waals surface area contributed by atoms with Gasteiger partial charge in [0.05, 0.1) is 0 Å². The van der Waals surface area contributed by atoms with Gasteiger partial charge in [-0.3, -0.25) is 0 Å². The van der Waals surface area contributed by atoms with Crippen LogP contribution in [0.2, 0.25) is 0 Å².